The third-order valence-electron chi connectivity index (χ3n) is 4.25. The van der Waals surface area contributed by atoms with E-state index in [2.05, 4.69) is 28.1 Å². The zero-order valence-corrected chi connectivity index (χ0v) is 14.7. The number of hydrogen-bond donors (Lipinski definition) is 0. The summed E-state index contributed by atoms with van der Waals surface area (Å²) in [6.07, 6.45) is 3.81. The van der Waals surface area contributed by atoms with Crippen molar-refractivity contribution in [3.05, 3.63) is 36.7 Å². The van der Waals surface area contributed by atoms with Gasteiger partial charge < -0.3 is 14.5 Å². The highest BCUT2D eigenvalue weighted by molar-refractivity contribution is 5.93. The number of carbonyl (C=O) groups excluding carboxylic acids is 1. The summed E-state index contributed by atoms with van der Waals surface area (Å²) in [7, 11) is 0. The molecule has 1 amide bonds. The highest BCUT2D eigenvalue weighted by Gasteiger charge is 2.23. The van der Waals surface area contributed by atoms with Gasteiger partial charge in [-0.05, 0) is 20.8 Å². The number of carbonyl (C=O) groups is 1. The maximum atomic E-state index is 12.3. The molecule has 1 aromatic carbocycles. The molecular formula is C19H25N3O2. The fraction of sp³-hybridized carbons (Fsp3) is 0.474. The van der Waals surface area contributed by atoms with Gasteiger partial charge in [0.1, 0.15) is 6.61 Å². The number of ether oxygens (including phenoxy) is 1. The van der Waals surface area contributed by atoms with E-state index in [4.69, 9.17) is 4.74 Å². The lowest BCUT2D eigenvalue weighted by Gasteiger charge is -2.36. The number of anilines is 1. The molecule has 128 valence electrons. The van der Waals surface area contributed by atoms with Gasteiger partial charge in [0.05, 0.1) is 17.5 Å². The molecule has 2 aromatic rings. The lowest BCUT2D eigenvalue weighted by molar-refractivity contribution is -0.141. The SMILES string of the molecule is CC(C)(C)OCC(=O)N1CCN(c2cncc3ccccc23)CC1. The largest absolute Gasteiger partial charge is 0.366 e. The zero-order valence-electron chi connectivity index (χ0n) is 14.7. The van der Waals surface area contributed by atoms with Crippen molar-refractivity contribution in [2.45, 2.75) is 26.4 Å². The summed E-state index contributed by atoms with van der Waals surface area (Å²) in [6.45, 7) is 9.11. The average molecular weight is 327 g/mol. The first-order chi connectivity index (χ1) is 11.4. The Bertz CT molecular complexity index is 711. The van der Waals surface area contributed by atoms with Crippen molar-refractivity contribution in [1.29, 1.82) is 0 Å². The predicted molar refractivity (Wildman–Crippen MR) is 96.2 cm³/mol. The smallest absolute Gasteiger partial charge is 0.248 e. The summed E-state index contributed by atoms with van der Waals surface area (Å²) < 4.78 is 5.60. The number of benzene rings is 1. The summed E-state index contributed by atoms with van der Waals surface area (Å²) in [5, 5.41) is 2.36. The van der Waals surface area contributed by atoms with Gasteiger partial charge in [-0.3, -0.25) is 9.78 Å². The second kappa shape index (κ2) is 6.77. The van der Waals surface area contributed by atoms with Crippen LogP contribution in [-0.2, 0) is 9.53 Å². The number of aromatic nitrogens is 1. The van der Waals surface area contributed by atoms with Crippen molar-refractivity contribution in [2.75, 3.05) is 37.7 Å². The maximum absolute atomic E-state index is 12.3. The molecule has 1 aliphatic rings. The summed E-state index contributed by atoms with van der Waals surface area (Å²) in [5.74, 6) is 0.0700. The fourth-order valence-corrected chi connectivity index (χ4v) is 2.92. The predicted octanol–water partition coefficient (Wildman–Crippen LogP) is 2.70. The van der Waals surface area contributed by atoms with E-state index in [0.29, 0.717) is 0 Å². The van der Waals surface area contributed by atoms with Crippen LogP contribution in [0.15, 0.2) is 36.7 Å². The molecule has 1 aliphatic heterocycles. The maximum Gasteiger partial charge on any atom is 0.248 e. The first-order valence-electron chi connectivity index (χ1n) is 8.43. The van der Waals surface area contributed by atoms with Gasteiger partial charge in [-0.1, -0.05) is 24.3 Å². The zero-order chi connectivity index (χ0) is 17.2. The fourth-order valence-electron chi connectivity index (χ4n) is 2.92. The lowest BCUT2D eigenvalue weighted by Crippen LogP contribution is -2.50. The Morgan fingerprint density at radius 1 is 1.12 bits per heavy atom. The van der Waals surface area contributed by atoms with Crippen molar-refractivity contribution in [3.63, 3.8) is 0 Å². The van der Waals surface area contributed by atoms with Crippen molar-refractivity contribution < 1.29 is 9.53 Å². The third kappa shape index (κ3) is 3.85. The van der Waals surface area contributed by atoms with E-state index in [1.807, 2.05) is 44.1 Å². The Morgan fingerprint density at radius 3 is 2.54 bits per heavy atom. The van der Waals surface area contributed by atoms with Crippen LogP contribution >= 0.6 is 0 Å². The standard InChI is InChI=1S/C19H25N3O2/c1-19(2,3)24-14-18(23)22-10-8-21(9-11-22)17-13-20-12-15-6-4-5-7-16(15)17/h4-7,12-13H,8-11,14H2,1-3H3. The lowest BCUT2D eigenvalue weighted by atomic mass is 10.1. The molecule has 5 nitrogen and oxygen atoms in total. The van der Waals surface area contributed by atoms with Gasteiger partial charge in [-0.15, -0.1) is 0 Å². The summed E-state index contributed by atoms with van der Waals surface area (Å²) in [5.41, 5.74) is 0.859. The van der Waals surface area contributed by atoms with Gasteiger partial charge in [-0.2, -0.15) is 0 Å². The van der Waals surface area contributed by atoms with Crippen LogP contribution in [0.3, 0.4) is 0 Å². The van der Waals surface area contributed by atoms with E-state index < -0.39 is 0 Å². The molecule has 1 aromatic heterocycles. The summed E-state index contributed by atoms with van der Waals surface area (Å²) >= 11 is 0. The molecule has 0 saturated carbocycles. The molecular weight excluding hydrogens is 302 g/mol. The Kier molecular flexibility index (Phi) is 4.71. The number of amides is 1. The highest BCUT2D eigenvalue weighted by Crippen LogP contribution is 2.26. The Balaban J connectivity index is 1.63. The third-order valence-corrected chi connectivity index (χ3v) is 4.25. The van der Waals surface area contributed by atoms with Gasteiger partial charge in [0, 0.05) is 43.1 Å². The molecule has 0 aliphatic carbocycles. The van der Waals surface area contributed by atoms with E-state index >= 15 is 0 Å². The minimum absolute atomic E-state index is 0.0700. The van der Waals surface area contributed by atoms with Gasteiger partial charge in [0.15, 0.2) is 0 Å². The van der Waals surface area contributed by atoms with Crippen molar-refractivity contribution in [3.8, 4) is 0 Å². The molecule has 1 saturated heterocycles. The van der Waals surface area contributed by atoms with Crippen LogP contribution in [-0.4, -0.2) is 54.2 Å². The van der Waals surface area contributed by atoms with Crippen LogP contribution in [0.5, 0.6) is 0 Å². The number of piperazine rings is 1. The van der Waals surface area contributed by atoms with E-state index in [0.717, 1.165) is 37.3 Å². The van der Waals surface area contributed by atoms with Crippen molar-refractivity contribution in [2.24, 2.45) is 0 Å². The first kappa shape index (κ1) is 16.7. The first-order valence-corrected chi connectivity index (χ1v) is 8.43. The highest BCUT2D eigenvalue weighted by atomic mass is 16.5. The Labute approximate surface area is 143 Å². The molecule has 0 bridgehead atoms. The van der Waals surface area contributed by atoms with E-state index in [-0.39, 0.29) is 18.1 Å². The number of pyridine rings is 1. The number of fused-ring (bicyclic) bond motifs is 1. The molecule has 24 heavy (non-hydrogen) atoms. The molecule has 0 spiro atoms. The minimum atomic E-state index is -0.286. The van der Waals surface area contributed by atoms with Crippen LogP contribution in [0.25, 0.3) is 10.8 Å². The summed E-state index contributed by atoms with van der Waals surface area (Å²) in [6, 6.07) is 8.28. The van der Waals surface area contributed by atoms with Gasteiger partial charge in [-0.25, -0.2) is 0 Å². The molecule has 5 heteroatoms. The minimum Gasteiger partial charge on any atom is -0.366 e. The Hall–Kier alpha value is -2.14. The van der Waals surface area contributed by atoms with Crippen molar-refractivity contribution >= 4 is 22.4 Å². The number of nitrogens with zero attached hydrogens (tertiary/aromatic N) is 3. The quantitative estimate of drug-likeness (QED) is 0.869. The molecule has 0 unspecified atom stereocenters. The van der Waals surface area contributed by atoms with E-state index in [9.17, 15) is 4.79 Å². The molecule has 2 heterocycles. The van der Waals surface area contributed by atoms with Crippen LogP contribution < -0.4 is 4.90 Å². The second-order valence-corrected chi connectivity index (χ2v) is 7.15. The van der Waals surface area contributed by atoms with Crippen molar-refractivity contribution in [1.82, 2.24) is 9.88 Å². The molecule has 0 atom stereocenters. The van der Waals surface area contributed by atoms with Gasteiger partial charge in [0.2, 0.25) is 5.91 Å². The average Bonchev–Trinajstić information content (AvgIpc) is 2.59. The molecule has 3 rings (SSSR count). The van der Waals surface area contributed by atoms with Crippen LogP contribution in [0.2, 0.25) is 0 Å². The topological polar surface area (TPSA) is 45.7 Å². The van der Waals surface area contributed by atoms with Crippen LogP contribution in [0.1, 0.15) is 20.8 Å². The monoisotopic (exact) mass is 327 g/mol. The number of hydrogen-bond acceptors (Lipinski definition) is 4. The molecule has 0 N–H and O–H groups in total. The molecule has 0 radical (unpaired) electrons. The normalized spacial score (nSPS) is 15.8. The summed E-state index contributed by atoms with van der Waals surface area (Å²) in [4.78, 5) is 20.8. The van der Waals surface area contributed by atoms with E-state index in [1.54, 1.807) is 0 Å². The second-order valence-electron chi connectivity index (χ2n) is 7.15. The number of rotatable bonds is 3. The van der Waals surface area contributed by atoms with Crippen LogP contribution in [0, 0.1) is 0 Å². The van der Waals surface area contributed by atoms with Gasteiger partial charge in [0.25, 0.3) is 0 Å². The molecule has 1 fully saturated rings. The Morgan fingerprint density at radius 2 is 1.83 bits per heavy atom. The van der Waals surface area contributed by atoms with E-state index in [1.165, 1.54) is 5.39 Å². The van der Waals surface area contributed by atoms with Gasteiger partial charge >= 0.3 is 0 Å². The van der Waals surface area contributed by atoms with Crippen LogP contribution in [0.4, 0.5) is 5.69 Å².